The minimum absolute atomic E-state index is 0.557. The molecule has 0 aliphatic rings. The highest BCUT2D eigenvalue weighted by Gasteiger charge is 2.31. The van der Waals surface area contributed by atoms with Crippen LogP contribution in [-0.4, -0.2) is 31.3 Å². The first kappa shape index (κ1) is 29.4. The maximum absolute atomic E-state index is 8.52. The van der Waals surface area contributed by atoms with E-state index < -0.39 is 13.4 Å². The molecule has 4 rings (SSSR count). The molecule has 0 heterocycles. The van der Waals surface area contributed by atoms with Crippen LogP contribution in [0.4, 0.5) is 0 Å². The van der Waals surface area contributed by atoms with Gasteiger partial charge in [0.1, 0.15) is 6.15 Å². The van der Waals surface area contributed by atoms with E-state index in [0.717, 1.165) is 18.5 Å². The highest BCUT2D eigenvalue weighted by molar-refractivity contribution is 7.75. The number of rotatable bonds is 10. The lowest BCUT2D eigenvalue weighted by molar-refractivity contribution is 1.11. The molecule has 0 saturated heterocycles. The van der Waals surface area contributed by atoms with E-state index in [1.165, 1.54) is 21.9 Å². The van der Waals surface area contributed by atoms with Crippen LogP contribution in [-0.2, 0) is 0 Å². The molecule has 0 amide bonds. The second-order valence-electron chi connectivity index (χ2n) is 10.0. The molecule has 0 aliphatic carbocycles. The summed E-state index contributed by atoms with van der Waals surface area (Å²) < 4.78 is 0. The quantitative estimate of drug-likeness (QED) is 0.204. The van der Waals surface area contributed by atoms with Crippen molar-refractivity contribution in [1.29, 1.82) is 15.8 Å². The summed E-state index contributed by atoms with van der Waals surface area (Å²) in [6.45, 7) is 2.17. The van der Waals surface area contributed by atoms with Crippen LogP contribution in [0.15, 0.2) is 121 Å². The normalized spacial score (nSPS) is 10.7. The Labute approximate surface area is 234 Å². The lowest BCUT2D eigenvalue weighted by Crippen LogP contribution is -2.74. The summed E-state index contributed by atoms with van der Waals surface area (Å²) in [6, 6.07) is 49.9. The van der Waals surface area contributed by atoms with Crippen molar-refractivity contribution < 1.29 is 0 Å². The van der Waals surface area contributed by atoms with E-state index in [0.29, 0.717) is 19.3 Å². The topological polar surface area (TPSA) is 71.4 Å². The monoisotopic (exact) mass is 527 g/mol. The fourth-order valence-electron chi connectivity index (χ4n) is 5.42. The third kappa shape index (κ3) is 7.68. The van der Waals surface area contributed by atoms with E-state index in [9.17, 15) is 0 Å². The second kappa shape index (κ2) is 15.3. The SMILES string of the molecule is C[P+](CCC#N)(CCC#N)CCC#N.c1ccc([B-](c2ccccc2)(c2ccccc2)c2ccccc2)cc1. The maximum Gasteiger partial charge on any atom is 0.108 e. The Kier molecular flexibility index (Phi) is 11.5. The number of hydrogen-bond acceptors (Lipinski definition) is 3. The maximum atomic E-state index is 8.52. The van der Waals surface area contributed by atoms with Gasteiger partial charge in [-0.25, -0.2) is 0 Å². The Morgan fingerprint density at radius 1 is 0.462 bits per heavy atom. The Morgan fingerprint density at radius 2 is 0.692 bits per heavy atom. The smallest absolute Gasteiger partial charge is 0.108 e. The van der Waals surface area contributed by atoms with Crippen molar-refractivity contribution in [3.63, 3.8) is 0 Å². The summed E-state index contributed by atoms with van der Waals surface area (Å²) in [4.78, 5) is 0. The highest BCUT2D eigenvalue weighted by atomic mass is 31.2. The van der Waals surface area contributed by atoms with Crippen LogP contribution in [0.3, 0.4) is 0 Å². The molecular formula is C34H35BN3P. The third-order valence-corrected chi connectivity index (χ3v) is 11.4. The van der Waals surface area contributed by atoms with Crippen molar-refractivity contribution in [2.45, 2.75) is 19.3 Å². The Bertz CT molecular complexity index is 1180. The number of nitriles is 3. The standard InChI is InChI=1S/C24H20B.C10H15N3P/c1-5-13-21(14-6-1)25(22-15-7-2-8-16-22,23-17-9-3-10-18-23)24-19-11-4-12-20-24;1-14(8-2-5-11,9-3-6-12)10-4-7-13/h1-20H;2-4,8-10H2,1H3/q-1;+1. The minimum Gasteiger partial charge on any atom is -0.198 e. The van der Waals surface area contributed by atoms with Crippen LogP contribution in [0.25, 0.3) is 0 Å². The van der Waals surface area contributed by atoms with E-state index in [2.05, 4.69) is 146 Å². The van der Waals surface area contributed by atoms with Crippen LogP contribution in [0, 0.1) is 34.0 Å². The largest absolute Gasteiger partial charge is 0.198 e. The molecule has 0 radical (unpaired) electrons. The fraction of sp³-hybridized carbons (Fsp3) is 0.206. The van der Waals surface area contributed by atoms with Crippen LogP contribution >= 0.6 is 7.26 Å². The zero-order chi connectivity index (χ0) is 27.8. The zero-order valence-corrected chi connectivity index (χ0v) is 23.6. The van der Waals surface area contributed by atoms with Gasteiger partial charge < -0.3 is 0 Å². The molecule has 0 atom stereocenters. The molecule has 0 fully saturated rings. The second-order valence-corrected chi connectivity index (χ2v) is 14.6. The molecular weight excluding hydrogens is 492 g/mol. The molecule has 5 heteroatoms. The first-order chi connectivity index (χ1) is 19.1. The molecule has 39 heavy (non-hydrogen) atoms. The molecule has 0 bridgehead atoms. The van der Waals surface area contributed by atoms with Gasteiger partial charge in [-0.15, -0.1) is 0 Å². The Morgan fingerprint density at radius 3 is 0.897 bits per heavy atom. The molecule has 0 saturated carbocycles. The van der Waals surface area contributed by atoms with E-state index >= 15 is 0 Å². The van der Waals surface area contributed by atoms with Crippen molar-refractivity contribution >= 4 is 35.3 Å². The van der Waals surface area contributed by atoms with Gasteiger partial charge in [-0.2, -0.15) is 37.6 Å². The van der Waals surface area contributed by atoms with Gasteiger partial charge in [0, 0.05) is 13.9 Å². The summed E-state index contributed by atoms with van der Waals surface area (Å²) >= 11 is 0. The first-order valence-corrected chi connectivity index (χ1v) is 16.2. The Balaban J connectivity index is 0.000000258. The lowest BCUT2D eigenvalue weighted by Gasteiger charge is -2.44. The van der Waals surface area contributed by atoms with Gasteiger partial charge in [-0.3, -0.25) is 0 Å². The highest BCUT2D eigenvalue weighted by Crippen LogP contribution is 2.56. The van der Waals surface area contributed by atoms with Gasteiger partial charge >= 0.3 is 0 Å². The van der Waals surface area contributed by atoms with E-state index in [1.54, 1.807) is 0 Å². The number of hydrogen-bond donors (Lipinski definition) is 0. The molecule has 0 unspecified atom stereocenters. The first-order valence-electron chi connectivity index (χ1n) is 13.4. The Hall–Kier alpha value is -4.16. The molecule has 194 valence electrons. The number of benzene rings is 4. The molecule has 4 aromatic rings. The predicted molar refractivity (Wildman–Crippen MR) is 168 cm³/mol. The van der Waals surface area contributed by atoms with Gasteiger partial charge in [0.05, 0.1) is 56.0 Å². The van der Waals surface area contributed by atoms with Gasteiger partial charge in [0.25, 0.3) is 0 Å². The summed E-state index contributed by atoms with van der Waals surface area (Å²) in [5.74, 6) is 0. The van der Waals surface area contributed by atoms with Crippen molar-refractivity contribution in [2.75, 3.05) is 25.2 Å². The van der Waals surface area contributed by atoms with Gasteiger partial charge in [-0.1, -0.05) is 121 Å². The fourth-order valence-corrected chi connectivity index (χ4v) is 8.01. The zero-order valence-electron chi connectivity index (χ0n) is 22.7. The number of nitrogens with zero attached hydrogens (tertiary/aromatic N) is 3. The van der Waals surface area contributed by atoms with Crippen LogP contribution in [0.2, 0.25) is 0 Å². The summed E-state index contributed by atoms with van der Waals surface area (Å²) in [5.41, 5.74) is 5.36. The summed E-state index contributed by atoms with van der Waals surface area (Å²) in [5, 5.41) is 25.6. The molecule has 0 N–H and O–H groups in total. The molecule has 0 aromatic heterocycles. The van der Waals surface area contributed by atoms with E-state index in [1.807, 2.05) is 0 Å². The van der Waals surface area contributed by atoms with Crippen molar-refractivity contribution in [2.24, 2.45) is 0 Å². The molecule has 0 aliphatic heterocycles. The van der Waals surface area contributed by atoms with E-state index in [4.69, 9.17) is 15.8 Å². The van der Waals surface area contributed by atoms with Gasteiger partial charge in [-0.05, 0) is 0 Å². The predicted octanol–water partition coefficient (Wildman–Crippen LogP) is 5.44. The lowest BCUT2D eigenvalue weighted by atomic mass is 9.13. The van der Waals surface area contributed by atoms with Crippen molar-refractivity contribution in [1.82, 2.24) is 0 Å². The van der Waals surface area contributed by atoms with Crippen LogP contribution in [0.5, 0.6) is 0 Å². The van der Waals surface area contributed by atoms with Crippen molar-refractivity contribution in [3.8, 4) is 18.2 Å². The molecule has 3 nitrogen and oxygen atoms in total. The van der Waals surface area contributed by atoms with Crippen LogP contribution in [0.1, 0.15) is 19.3 Å². The van der Waals surface area contributed by atoms with Crippen molar-refractivity contribution in [3.05, 3.63) is 121 Å². The molecule has 0 spiro atoms. The minimum atomic E-state index is -1.22. The summed E-state index contributed by atoms with van der Waals surface area (Å²) in [7, 11) is -1.19. The van der Waals surface area contributed by atoms with E-state index in [-0.39, 0.29) is 0 Å². The van der Waals surface area contributed by atoms with Crippen LogP contribution < -0.4 is 21.9 Å². The summed E-state index contributed by atoms with van der Waals surface area (Å²) in [6.07, 6.45) is 3.14. The third-order valence-electron chi connectivity index (χ3n) is 7.49. The average Bonchev–Trinajstić information content (AvgIpc) is 3.01. The van der Waals surface area contributed by atoms with Gasteiger partial charge in [0.2, 0.25) is 0 Å². The molecule has 4 aromatic carbocycles. The van der Waals surface area contributed by atoms with Gasteiger partial charge in [0.15, 0.2) is 0 Å². The average molecular weight is 527 g/mol.